The lowest BCUT2D eigenvalue weighted by atomic mass is 10.1. The van der Waals surface area contributed by atoms with Crippen molar-refractivity contribution in [1.29, 1.82) is 0 Å². The van der Waals surface area contributed by atoms with Crippen LogP contribution in [0.15, 0.2) is 53.1 Å². The van der Waals surface area contributed by atoms with Crippen LogP contribution in [0, 0.1) is 10.1 Å². The highest BCUT2D eigenvalue weighted by Crippen LogP contribution is 2.29. The van der Waals surface area contributed by atoms with Crippen LogP contribution in [0.1, 0.15) is 22.8 Å². The zero-order chi connectivity index (χ0) is 19.7. The lowest BCUT2D eigenvalue weighted by Crippen LogP contribution is -2.21. The summed E-state index contributed by atoms with van der Waals surface area (Å²) in [6, 6.07) is 9.98. The summed E-state index contributed by atoms with van der Waals surface area (Å²) in [5, 5.41) is 25.4. The number of anilines is 1. The largest absolute Gasteiger partial charge is 0.478 e. The van der Waals surface area contributed by atoms with Crippen molar-refractivity contribution in [3.05, 3.63) is 74.3 Å². The summed E-state index contributed by atoms with van der Waals surface area (Å²) in [7, 11) is 0. The molecule has 1 N–H and O–H groups in total. The van der Waals surface area contributed by atoms with E-state index in [4.69, 9.17) is 11.6 Å². The van der Waals surface area contributed by atoms with Crippen molar-refractivity contribution in [3.8, 4) is 0 Å². The molecule has 1 aliphatic heterocycles. The van der Waals surface area contributed by atoms with Crippen molar-refractivity contribution in [2.75, 3.05) is 5.01 Å². The van der Waals surface area contributed by atoms with Gasteiger partial charge in [-0.15, -0.1) is 0 Å². The Bertz CT molecular complexity index is 1050. The molecule has 0 radical (unpaired) electrons. The molecule has 0 saturated carbocycles. The number of nitro groups is 1. The molecule has 0 fully saturated rings. The van der Waals surface area contributed by atoms with E-state index in [0.717, 1.165) is 5.01 Å². The van der Waals surface area contributed by atoms with Gasteiger partial charge in [0, 0.05) is 12.1 Å². The second kappa shape index (κ2) is 7.00. The number of carbonyl (C=O) groups is 2. The summed E-state index contributed by atoms with van der Waals surface area (Å²) in [6.45, 7) is 1.62. The maximum atomic E-state index is 12.7. The summed E-state index contributed by atoms with van der Waals surface area (Å²) in [5.74, 6) is -1.70. The van der Waals surface area contributed by atoms with Crippen LogP contribution < -0.4 is 5.01 Å². The summed E-state index contributed by atoms with van der Waals surface area (Å²) >= 11 is 5.85. The van der Waals surface area contributed by atoms with Gasteiger partial charge in [0.2, 0.25) is 0 Å². The molecule has 1 aliphatic rings. The monoisotopic (exact) mass is 385 g/mol. The molecule has 1 amide bonds. The third-order valence-electron chi connectivity index (χ3n) is 3.88. The van der Waals surface area contributed by atoms with E-state index < -0.39 is 16.8 Å². The number of nitrogens with zero attached hydrogens (tertiary/aromatic N) is 3. The first-order valence-electron chi connectivity index (χ1n) is 7.67. The number of hydrogen-bond acceptors (Lipinski definition) is 5. The molecule has 0 bridgehead atoms. The summed E-state index contributed by atoms with van der Waals surface area (Å²) < 4.78 is 0. The fraction of sp³-hybridized carbons (Fsp3) is 0.0556. The number of hydrogen-bond donors (Lipinski definition) is 1. The van der Waals surface area contributed by atoms with Crippen molar-refractivity contribution in [3.63, 3.8) is 0 Å². The molecule has 2 aromatic rings. The lowest BCUT2D eigenvalue weighted by molar-refractivity contribution is -0.384. The number of amides is 1. The number of hydrazone groups is 1. The molecule has 9 heteroatoms. The van der Waals surface area contributed by atoms with Crippen LogP contribution in [0.3, 0.4) is 0 Å². The van der Waals surface area contributed by atoms with E-state index in [2.05, 4.69) is 5.10 Å². The first-order chi connectivity index (χ1) is 12.8. The minimum absolute atomic E-state index is 0.0472. The summed E-state index contributed by atoms with van der Waals surface area (Å²) in [5.41, 5.74) is 1.14. The van der Waals surface area contributed by atoms with Gasteiger partial charge in [-0.05, 0) is 36.8 Å². The van der Waals surface area contributed by atoms with E-state index in [1.165, 1.54) is 42.5 Å². The van der Waals surface area contributed by atoms with Crippen molar-refractivity contribution < 1.29 is 19.6 Å². The van der Waals surface area contributed by atoms with Gasteiger partial charge < -0.3 is 5.11 Å². The predicted molar refractivity (Wildman–Crippen MR) is 100 cm³/mol. The molecule has 3 rings (SSSR count). The van der Waals surface area contributed by atoms with E-state index in [9.17, 15) is 24.8 Å². The number of carboxylic acids is 1. The smallest absolute Gasteiger partial charge is 0.337 e. The molecule has 8 nitrogen and oxygen atoms in total. The first kappa shape index (κ1) is 18.3. The number of halogens is 1. The molecule has 0 aliphatic carbocycles. The fourth-order valence-electron chi connectivity index (χ4n) is 2.56. The summed E-state index contributed by atoms with van der Waals surface area (Å²) in [6.07, 6.45) is 1.50. The van der Waals surface area contributed by atoms with Crippen molar-refractivity contribution in [2.24, 2.45) is 5.10 Å². The molecule has 27 heavy (non-hydrogen) atoms. The van der Waals surface area contributed by atoms with E-state index in [-0.39, 0.29) is 27.5 Å². The molecule has 2 aromatic carbocycles. The van der Waals surface area contributed by atoms with Gasteiger partial charge >= 0.3 is 5.97 Å². The fourth-order valence-corrected chi connectivity index (χ4v) is 2.76. The Morgan fingerprint density at radius 2 is 2.04 bits per heavy atom. The quantitative estimate of drug-likeness (QED) is 0.489. The van der Waals surface area contributed by atoms with Crippen LogP contribution in [-0.4, -0.2) is 27.6 Å². The van der Waals surface area contributed by atoms with E-state index in [1.807, 2.05) is 0 Å². The zero-order valence-corrected chi connectivity index (χ0v) is 14.7. The van der Waals surface area contributed by atoms with Crippen molar-refractivity contribution in [2.45, 2.75) is 6.92 Å². The summed E-state index contributed by atoms with van der Waals surface area (Å²) in [4.78, 5) is 34.3. The van der Waals surface area contributed by atoms with Gasteiger partial charge in [-0.25, -0.2) is 4.79 Å². The van der Waals surface area contributed by atoms with Crippen LogP contribution in [-0.2, 0) is 4.79 Å². The third-order valence-corrected chi connectivity index (χ3v) is 4.21. The molecular formula is C18H12ClN3O5. The topological polar surface area (TPSA) is 113 Å². The van der Waals surface area contributed by atoms with E-state index in [1.54, 1.807) is 13.0 Å². The van der Waals surface area contributed by atoms with Gasteiger partial charge in [-0.1, -0.05) is 23.7 Å². The Hall–Kier alpha value is -3.52. The Morgan fingerprint density at radius 1 is 1.30 bits per heavy atom. The Morgan fingerprint density at radius 3 is 2.70 bits per heavy atom. The number of nitro benzene ring substituents is 1. The van der Waals surface area contributed by atoms with Crippen LogP contribution in [0.25, 0.3) is 6.08 Å². The Balaban J connectivity index is 1.97. The van der Waals surface area contributed by atoms with Crippen LogP contribution >= 0.6 is 11.6 Å². The maximum absolute atomic E-state index is 12.7. The van der Waals surface area contributed by atoms with Crippen LogP contribution in [0.4, 0.5) is 11.4 Å². The molecule has 0 spiro atoms. The van der Waals surface area contributed by atoms with Gasteiger partial charge in [-0.3, -0.25) is 14.9 Å². The first-order valence-corrected chi connectivity index (χ1v) is 8.05. The van der Waals surface area contributed by atoms with Crippen LogP contribution in [0.2, 0.25) is 5.02 Å². The molecule has 0 saturated heterocycles. The normalized spacial score (nSPS) is 15.2. The maximum Gasteiger partial charge on any atom is 0.337 e. The molecule has 0 unspecified atom stereocenters. The minimum Gasteiger partial charge on any atom is -0.478 e. The number of non-ortho nitro benzene ring substituents is 1. The second-order valence-corrected chi connectivity index (χ2v) is 6.09. The van der Waals surface area contributed by atoms with Crippen LogP contribution in [0.5, 0.6) is 0 Å². The average molecular weight is 386 g/mol. The number of carboxylic acid groups (broad SMARTS) is 1. The number of carbonyl (C=O) groups excluding carboxylic acids is 1. The van der Waals surface area contributed by atoms with Crippen molar-refractivity contribution in [1.82, 2.24) is 0 Å². The Kier molecular flexibility index (Phi) is 4.74. The standard InChI is InChI=1S/C18H12ClN3O5/c1-10-14(8-11-3-2-4-13(7-11)22(26)27)17(23)21(20-10)12-5-6-16(19)15(9-12)18(24)25/h2-9H,1H3,(H,24,25). The van der Waals surface area contributed by atoms with E-state index in [0.29, 0.717) is 11.3 Å². The van der Waals surface area contributed by atoms with Gasteiger partial charge in [-0.2, -0.15) is 10.1 Å². The van der Waals surface area contributed by atoms with Gasteiger partial charge in [0.1, 0.15) is 0 Å². The highest BCUT2D eigenvalue weighted by atomic mass is 35.5. The molecular weight excluding hydrogens is 374 g/mol. The SMILES string of the molecule is CC1=NN(c2ccc(Cl)c(C(=O)O)c2)C(=O)C1=Cc1cccc([N+](=O)[O-])c1. The molecule has 0 aromatic heterocycles. The predicted octanol–water partition coefficient (Wildman–Crippen LogP) is 3.75. The highest BCUT2D eigenvalue weighted by molar-refractivity contribution is 6.34. The number of benzene rings is 2. The van der Waals surface area contributed by atoms with Gasteiger partial charge in [0.25, 0.3) is 11.6 Å². The molecule has 136 valence electrons. The van der Waals surface area contributed by atoms with E-state index >= 15 is 0 Å². The molecule has 0 atom stereocenters. The van der Waals surface area contributed by atoms with Crippen molar-refractivity contribution >= 4 is 46.6 Å². The Labute approximate surface area is 158 Å². The average Bonchev–Trinajstić information content (AvgIpc) is 2.90. The number of aromatic carboxylic acids is 1. The molecule has 1 heterocycles. The number of rotatable bonds is 4. The third kappa shape index (κ3) is 3.56. The van der Waals surface area contributed by atoms with Gasteiger partial charge in [0.05, 0.1) is 32.5 Å². The lowest BCUT2D eigenvalue weighted by Gasteiger charge is -2.13. The van der Waals surface area contributed by atoms with Gasteiger partial charge in [0.15, 0.2) is 0 Å². The minimum atomic E-state index is -1.22. The second-order valence-electron chi connectivity index (χ2n) is 5.68. The highest BCUT2D eigenvalue weighted by Gasteiger charge is 2.29. The zero-order valence-electron chi connectivity index (χ0n) is 13.9.